The van der Waals surface area contributed by atoms with Gasteiger partial charge in [0.2, 0.25) is 0 Å². The van der Waals surface area contributed by atoms with E-state index in [1.165, 1.54) is 18.3 Å². The lowest BCUT2D eigenvalue weighted by molar-refractivity contribution is 0.0697. The van der Waals surface area contributed by atoms with Gasteiger partial charge in [-0.3, -0.25) is 0 Å². The van der Waals surface area contributed by atoms with Crippen molar-refractivity contribution in [2.75, 3.05) is 11.9 Å². The molecule has 2 rings (SSSR count). The predicted octanol–water partition coefficient (Wildman–Crippen LogP) is 3.31. The highest BCUT2D eigenvalue weighted by molar-refractivity contribution is 5.88. The molecule has 0 spiro atoms. The van der Waals surface area contributed by atoms with Gasteiger partial charge in [-0.25, -0.2) is 9.78 Å². The number of anilines is 2. The van der Waals surface area contributed by atoms with Crippen molar-refractivity contribution < 1.29 is 14.6 Å². The van der Waals surface area contributed by atoms with E-state index in [-0.39, 0.29) is 5.56 Å². The van der Waals surface area contributed by atoms with Crippen LogP contribution in [0.5, 0.6) is 5.75 Å². The Kier molecular flexibility index (Phi) is 4.55. The van der Waals surface area contributed by atoms with Crippen LogP contribution in [0.15, 0.2) is 42.6 Å². The number of benzene rings is 1. The zero-order valence-corrected chi connectivity index (χ0v) is 11.2. The lowest BCUT2D eigenvalue weighted by Crippen LogP contribution is -2.00. The number of ether oxygens (including phenoxy) is 1. The van der Waals surface area contributed by atoms with Gasteiger partial charge in [0.1, 0.15) is 11.6 Å². The Morgan fingerprint density at radius 3 is 2.70 bits per heavy atom. The fourth-order valence-corrected chi connectivity index (χ4v) is 1.63. The topological polar surface area (TPSA) is 71.5 Å². The number of nitrogens with zero attached hydrogens (tertiary/aromatic N) is 1. The second-order valence-electron chi connectivity index (χ2n) is 4.23. The molecule has 20 heavy (non-hydrogen) atoms. The molecule has 2 N–H and O–H groups in total. The van der Waals surface area contributed by atoms with Crippen molar-refractivity contribution in [2.24, 2.45) is 0 Å². The molecule has 0 radical (unpaired) electrons. The fourth-order valence-electron chi connectivity index (χ4n) is 1.63. The number of nitrogens with one attached hydrogen (secondary N) is 1. The van der Waals surface area contributed by atoms with Crippen LogP contribution in [-0.2, 0) is 0 Å². The van der Waals surface area contributed by atoms with Gasteiger partial charge in [-0.05, 0) is 42.8 Å². The predicted molar refractivity (Wildman–Crippen MR) is 76.7 cm³/mol. The fraction of sp³-hybridized carbons (Fsp3) is 0.200. The molecule has 0 aliphatic rings. The van der Waals surface area contributed by atoms with Crippen LogP contribution in [-0.4, -0.2) is 22.7 Å². The average Bonchev–Trinajstić information content (AvgIpc) is 2.47. The molecule has 0 amide bonds. The number of hydrogen-bond donors (Lipinski definition) is 2. The molecule has 0 saturated carbocycles. The summed E-state index contributed by atoms with van der Waals surface area (Å²) >= 11 is 0. The molecule has 0 aliphatic carbocycles. The molecule has 0 atom stereocenters. The zero-order valence-electron chi connectivity index (χ0n) is 11.2. The molecule has 0 bridgehead atoms. The van der Waals surface area contributed by atoms with Crippen molar-refractivity contribution in [2.45, 2.75) is 13.3 Å². The Hall–Kier alpha value is -2.56. The van der Waals surface area contributed by atoms with Gasteiger partial charge in [0.25, 0.3) is 0 Å². The van der Waals surface area contributed by atoms with Crippen molar-refractivity contribution in [3.63, 3.8) is 0 Å². The van der Waals surface area contributed by atoms with E-state index in [0.29, 0.717) is 12.4 Å². The minimum absolute atomic E-state index is 0.199. The molecule has 5 heteroatoms. The molecule has 104 valence electrons. The number of carbonyl (C=O) groups is 1. The third-order valence-corrected chi connectivity index (χ3v) is 2.61. The van der Waals surface area contributed by atoms with Gasteiger partial charge in [0.15, 0.2) is 0 Å². The smallest absolute Gasteiger partial charge is 0.335 e. The molecule has 0 saturated heterocycles. The molecular formula is C15H16N2O3. The van der Waals surface area contributed by atoms with Gasteiger partial charge in [-0.2, -0.15) is 0 Å². The van der Waals surface area contributed by atoms with E-state index in [1.54, 1.807) is 0 Å². The first-order valence-electron chi connectivity index (χ1n) is 6.38. The van der Waals surface area contributed by atoms with E-state index in [1.807, 2.05) is 24.3 Å². The van der Waals surface area contributed by atoms with E-state index < -0.39 is 5.97 Å². The standard InChI is InChI=1S/C15H16N2O3/c1-2-9-20-13-5-3-12(4-6-13)17-14-10-11(15(18)19)7-8-16-14/h3-8,10H,2,9H2,1H3,(H,16,17)(H,18,19). The SMILES string of the molecule is CCCOc1ccc(Nc2cc(C(=O)O)ccn2)cc1. The number of carboxylic acid groups (broad SMARTS) is 1. The Bertz CT molecular complexity index is 582. The molecule has 1 heterocycles. The van der Waals surface area contributed by atoms with Gasteiger partial charge in [0, 0.05) is 11.9 Å². The van der Waals surface area contributed by atoms with Crippen molar-refractivity contribution >= 4 is 17.5 Å². The summed E-state index contributed by atoms with van der Waals surface area (Å²) in [7, 11) is 0. The summed E-state index contributed by atoms with van der Waals surface area (Å²) in [5, 5.41) is 12.0. The number of pyridine rings is 1. The van der Waals surface area contributed by atoms with Gasteiger partial charge in [-0.15, -0.1) is 0 Å². The number of hydrogen-bond acceptors (Lipinski definition) is 4. The molecule has 0 fully saturated rings. The van der Waals surface area contributed by atoms with Crippen LogP contribution in [0, 0.1) is 0 Å². The Morgan fingerprint density at radius 1 is 1.30 bits per heavy atom. The van der Waals surface area contributed by atoms with Crippen LogP contribution in [0.4, 0.5) is 11.5 Å². The van der Waals surface area contributed by atoms with Crippen molar-refractivity contribution in [1.82, 2.24) is 4.98 Å². The summed E-state index contributed by atoms with van der Waals surface area (Å²) in [4.78, 5) is 15.0. The maximum atomic E-state index is 10.9. The summed E-state index contributed by atoms with van der Waals surface area (Å²) in [5.41, 5.74) is 1.02. The van der Waals surface area contributed by atoms with Crippen LogP contribution in [0.2, 0.25) is 0 Å². The van der Waals surface area contributed by atoms with E-state index in [4.69, 9.17) is 9.84 Å². The normalized spacial score (nSPS) is 10.1. The lowest BCUT2D eigenvalue weighted by Gasteiger charge is -2.08. The highest BCUT2D eigenvalue weighted by Gasteiger charge is 2.04. The van der Waals surface area contributed by atoms with Crippen LogP contribution in [0.1, 0.15) is 23.7 Å². The minimum atomic E-state index is -0.973. The van der Waals surface area contributed by atoms with Crippen LogP contribution in [0.25, 0.3) is 0 Å². The molecule has 1 aromatic heterocycles. The van der Waals surface area contributed by atoms with Crippen LogP contribution in [0.3, 0.4) is 0 Å². The van der Waals surface area contributed by atoms with E-state index in [2.05, 4.69) is 17.2 Å². The van der Waals surface area contributed by atoms with E-state index >= 15 is 0 Å². The third-order valence-electron chi connectivity index (χ3n) is 2.61. The minimum Gasteiger partial charge on any atom is -0.494 e. The monoisotopic (exact) mass is 272 g/mol. The molecule has 2 aromatic rings. The maximum absolute atomic E-state index is 10.9. The quantitative estimate of drug-likeness (QED) is 0.844. The van der Waals surface area contributed by atoms with Crippen molar-refractivity contribution in [1.29, 1.82) is 0 Å². The number of carboxylic acids is 1. The first kappa shape index (κ1) is 13.9. The Balaban J connectivity index is 2.06. The number of rotatable bonds is 6. The summed E-state index contributed by atoms with van der Waals surface area (Å²) in [6, 6.07) is 10.4. The van der Waals surface area contributed by atoms with Gasteiger partial charge < -0.3 is 15.2 Å². The second kappa shape index (κ2) is 6.56. The summed E-state index contributed by atoms with van der Waals surface area (Å²) in [6.07, 6.45) is 2.43. The van der Waals surface area contributed by atoms with Crippen LogP contribution >= 0.6 is 0 Å². The van der Waals surface area contributed by atoms with E-state index in [0.717, 1.165) is 17.9 Å². The molecule has 0 unspecified atom stereocenters. The Labute approximate surface area is 117 Å². The van der Waals surface area contributed by atoms with Gasteiger partial charge >= 0.3 is 5.97 Å². The molecule has 1 aromatic carbocycles. The maximum Gasteiger partial charge on any atom is 0.335 e. The first-order valence-corrected chi connectivity index (χ1v) is 6.38. The van der Waals surface area contributed by atoms with Crippen molar-refractivity contribution in [3.8, 4) is 5.75 Å². The highest BCUT2D eigenvalue weighted by Crippen LogP contribution is 2.19. The first-order chi connectivity index (χ1) is 9.69. The van der Waals surface area contributed by atoms with Gasteiger partial charge in [-0.1, -0.05) is 6.92 Å². The van der Waals surface area contributed by atoms with Crippen molar-refractivity contribution in [3.05, 3.63) is 48.2 Å². The van der Waals surface area contributed by atoms with Crippen LogP contribution < -0.4 is 10.1 Å². The summed E-state index contributed by atoms with van der Waals surface area (Å²) in [6.45, 7) is 2.74. The summed E-state index contributed by atoms with van der Waals surface area (Å²) < 4.78 is 5.49. The second-order valence-corrected chi connectivity index (χ2v) is 4.23. The van der Waals surface area contributed by atoms with E-state index in [9.17, 15) is 4.79 Å². The summed E-state index contributed by atoms with van der Waals surface area (Å²) in [5.74, 6) is 0.329. The molecular weight excluding hydrogens is 256 g/mol. The molecule has 5 nitrogen and oxygen atoms in total. The number of aromatic nitrogens is 1. The average molecular weight is 272 g/mol. The third kappa shape index (κ3) is 3.71. The molecule has 0 aliphatic heterocycles. The van der Waals surface area contributed by atoms with Gasteiger partial charge in [0.05, 0.1) is 12.2 Å². The zero-order chi connectivity index (χ0) is 14.4. The largest absolute Gasteiger partial charge is 0.494 e. The lowest BCUT2D eigenvalue weighted by atomic mass is 10.2. The Morgan fingerprint density at radius 2 is 2.05 bits per heavy atom. The number of aromatic carboxylic acids is 1. The highest BCUT2D eigenvalue weighted by atomic mass is 16.5.